The number of aromatic amines is 1. The Morgan fingerprint density at radius 1 is 1.14 bits per heavy atom. The largest absolute Gasteiger partial charge is 0.396 e. The maximum Gasteiger partial charge on any atom is 0.149 e. The summed E-state index contributed by atoms with van der Waals surface area (Å²) in [5.41, 5.74) is 8.91. The zero-order valence-corrected chi connectivity index (χ0v) is 13.2. The number of nitrogen functional groups attached to an aromatic ring is 1. The molecule has 0 radical (unpaired) electrons. The van der Waals surface area contributed by atoms with E-state index in [0.717, 1.165) is 11.3 Å². The van der Waals surface area contributed by atoms with Crippen molar-refractivity contribution in [3.63, 3.8) is 0 Å². The third-order valence-electron chi connectivity index (χ3n) is 3.28. The number of nitrogens with one attached hydrogen (secondary N) is 2. The molecule has 2 heterocycles. The normalized spacial score (nSPS) is 11.3. The van der Waals surface area contributed by atoms with Crippen molar-refractivity contribution in [1.82, 2.24) is 9.97 Å². The monoisotopic (exact) mass is 324 g/mol. The van der Waals surface area contributed by atoms with E-state index in [1.807, 2.05) is 30.5 Å². The number of hydrogen-bond donors (Lipinski definition) is 3. The van der Waals surface area contributed by atoms with Crippen LogP contribution in [0.2, 0.25) is 0 Å². The van der Waals surface area contributed by atoms with Gasteiger partial charge in [-0.25, -0.2) is 4.98 Å². The molecule has 2 aromatic heterocycles. The molecule has 1 aromatic carbocycles. The molecule has 6 heteroatoms. The summed E-state index contributed by atoms with van der Waals surface area (Å²) in [5, 5.41) is 4.57. The fourth-order valence-electron chi connectivity index (χ4n) is 2.27. The highest BCUT2D eigenvalue weighted by atomic mass is 35.5. The minimum absolute atomic E-state index is 0. The van der Waals surface area contributed by atoms with Crippen molar-refractivity contribution in [3.05, 3.63) is 54.4 Å². The Labute approximate surface area is 136 Å². The first-order chi connectivity index (χ1) is 9.25. The first-order valence-electron chi connectivity index (χ1n) is 6.29. The lowest BCUT2D eigenvalue weighted by Gasteiger charge is -2.15. The van der Waals surface area contributed by atoms with Gasteiger partial charge in [-0.05, 0) is 30.7 Å². The average Bonchev–Trinajstić information content (AvgIpc) is 2.85. The SMILES string of the molecule is CC(Nc1ncccc1N)c1c[nH]c2ccccc12.Cl.Cl. The van der Waals surface area contributed by atoms with E-state index in [2.05, 4.69) is 34.3 Å². The van der Waals surface area contributed by atoms with Crippen LogP contribution in [0.5, 0.6) is 0 Å². The van der Waals surface area contributed by atoms with Gasteiger partial charge in [-0.15, -0.1) is 24.8 Å². The number of nitrogens with two attached hydrogens (primary N) is 1. The lowest BCUT2D eigenvalue weighted by molar-refractivity contribution is 0.884. The van der Waals surface area contributed by atoms with Gasteiger partial charge in [-0.1, -0.05) is 18.2 Å². The topological polar surface area (TPSA) is 66.7 Å². The molecule has 1 unspecified atom stereocenters. The van der Waals surface area contributed by atoms with Gasteiger partial charge in [-0.2, -0.15) is 0 Å². The molecule has 0 fully saturated rings. The molecular formula is C15H18Cl2N4. The van der Waals surface area contributed by atoms with Crippen molar-refractivity contribution in [2.75, 3.05) is 11.1 Å². The van der Waals surface area contributed by atoms with Crippen molar-refractivity contribution in [2.45, 2.75) is 13.0 Å². The van der Waals surface area contributed by atoms with Gasteiger partial charge in [0.25, 0.3) is 0 Å². The third kappa shape index (κ3) is 3.40. The Balaban J connectivity index is 0.00000110. The van der Waals surface area contributed by atoms with Gasteiger partial charge in [0, 0.05) is 23.3 Å². The van der Waals surface area contributed by atoms with Gasteiger partial charge < -0.3 is 16.0 Å². The second-order valence-electron chi connectivity index (χ2n) is 4.60. The van der Waals surface area contributed by atoms with Gasteiger partial charge in [0.15, 0.2) is 0 Å². The fourth-order valence-corrected chi connectivity index (χ4v) is 2.27. The molecule has 0 saturated heterocycles. The Morgan fingerprint density at radius 2 is 1.90 bits per heavy atom. The first kappa shape index (κ1) is 17.1. The molecule has 1 atom stereocenters. The van der Waals surface area contributed by atoms with Gasteiger partial charge >= 0.3 is 0 Å². The molecule has 0 aliphatic heterocycles. The highest BCUT2D eigenvalue weighted by Crippen LogP contribution is 2.27. The second kappa shape index (κ2) is 7.20. The molecule has 4 N–H and O–H groups in total. The summed E-state index contributed by atoms with van der Waals surface area (Å²) in [6.45, 7) is 2.10. The first-order valence-corrected chi connectivity index (χ1v) is 6.29. The molecule has 0 spiro atoms. The van der Waals surface area contributed by atoms with Crippen LogP contribution in [0.4, 0.5) is 11.5 Å². The standard InChI is InChI=1S/C15H16N4.2ClH/c1-10(19-15-13(16)6-4-8-17-15)12-9-18-14-7-3-2-5-11(12)14;;/h2-10,18H,16H2,1H3,(H,17,19);2*1H. The summed E-state index contributed by atoms with van der Waals surface area (Å²) < 4.78 is 0. The number of H-pyrrole nitrogens is 1. The summed E-state index contributed by atoms with van der Waals surface area (Å²) in [6.07, 6.45) is 3.77. The predicted octanol–water partition coefficient (Wildman–Crippen LogP) is 4.16. The average molecular weight is 325 g/mol. The molecule has 0 bridgehead atoms. The summed E-state index contributed by atoms with van der Waals surface area (Å²) in [4.78, 5) is 7.54. The van der Waals surface area contributed by atoms with Crippen LogP contribution in [0.3, 0.4) is 0 Å². The van der Waals surface area contributed by atoms with E-state index in [0.29, 0.717) is 5.69 Å². The molecular weight excluding hydrogens is 307 g/mol. The number of para-hydroxylation sites is 1. The second-order valence-corrected chi connectivity index (χ2v) is 4.60. The number of hydrogen-bond acceptors (Lipinski definition) is 3. The Morgan fingerprint density at radius 3 is 2.67 bits per heavy atom. The van der Waals surface area contributed by atoms with Crippen LogP contribution >= 0.6 is 24.8 Å². The van der Waals surface area contributed by atoms with Crippen molar-refractivity contribution in [2.24, 2.45) is 0 Å². The molecule has 0 amide bonds. The van der Waals surface area contributed by atoms with E-state index in [-0.39, 0.29) is 30.9 Å². The van der Waals surface area contributed by atoms with Crippen molar-refractivity contribution in [3.8, 4) is 0 Å². The molecule has 3 rings (SSSR count). The fraction of sp³-hybridized carbons (Fsp3) is 0.133. The molecule has 0 saturated carbocycles. The van der Waals surface area contributed by atoms with E-state index in [9.17, 15) is 0 Å². The highest BCUT2D eigenvalue weighted by Gasteiger charge is 2.12. The van der Waals surface area contributed by atoms with Crippen LogP contribution in [-0.2, 0) is 0 Å². The number of pyridine rings is 1. The number of benzene rings is 1. The number of anilines is 2. The minimum Gasteiger partial charge on any atom is -0.396 e. The number of nitrogens with zero attached hydrogens (tertiary/aromatic N) is 1. The molecule has 21 heavy (non-hydrogen) atoms. The zero-order valence-electron chi connectivity index (χ0n) is 11.5. The third-order valence-corrected chi connectivity index (χ3v) is 3.28. The predicted molar refractivity (Wildman–Crippen MR) is 93.5 cm³/mol. The van der Waals surface area contributed by atoms with Gasteiger partial charge in [0.2, 0.25) is 0 Å². The quantitative estimate of drug-likeness (QED) is 0.677. The molecule has 3 aromatic rings. The van der Waals surface area contributed by atoms with Crippen molar-refractivity contribution < 1.29 is 0 Å². The summed E-state index contributed by atoms with van der Waals surface area (Å²) >= 11 is 0. The lowest BCUT2D eigenvalue weighted by atomic mass is 10.1. The number of aromatic nitrogens is 2. The Hall–Kier alpha value is -1.91. The van der Waals surface area contributed by atoms with Crippen molar-refractivity contribution >= 4 is 47.2 Å². The molecule has 0 aliphatic rings. The van der Waals surface area contributed by atoms with Crippen LogP contribution < -0.4 is 11.1 Å². The van der Waals surface area contributed by atoms with Crippen LogP contribution in [0, 0.1) is 0 Å². The van der Waals surface area contributed by atoms with E-state index >= 15 is 0 Å². The number of halogens is 2. The van der Waals surface area contributed by atoms with Crippen LogP contribution in [0.25, 0.3) is 10.9 Å². The van der Waals surface area contributed by atoms with Crippen LogP contribution in [0.15, 0.2) is 48.8 Å². The zero-order chi connectivity index (χ0) is 13.2. The lowest BCUT2D eigenvalue weighted by Crippen LogP contribution is -2.09. The van der Waals surface area contributed by atoms with Gasteiger partial charge in [0.05, 0.1) is 11.7 Å². The summed E-state index contributed by atoms with van der Waals surface area (Å²) in [5.74, 6) is 0.722. The van der Waals surface area contributed by atoms with Crippen molar-refractivity contribution in [1.29, 1.82) is 0 Å². The van der Waals surface area contributed by atoms with Crippen LogP contribution in [0.1, 0.15) is 18.5 Å². The minimum atomic E-state index is 0. The molecule has 0 aliphatic carbocycles. The number of rotatable bonds is 3. The van der Waals surface area contributed by atoms with Gasteiger partial charge in [0.1, 0.15) is 5.82 Å². The maximum absolute atomic E-state index is 5.90. The summed E-state index contributed by atoms with van der Waals surface area (Å²) in [7, 11) is 0. The van der Waals surface area contributed by atoms with Gasteiger partial charge in [-0.3, -0.25) is 0 Å². The van der Waals surface area contributed by atoms with E-state index in [1.54, 1.807) is 6.20 Å². The molecule has 112 valence electrons. The van der Waals surface area contributed by atoms with Crippen LogP contribution in [-0.4, -0.2) is 9.97 Å². The summed E-state index contributed by atoms with van der Waals surface area (Å²) in [6, 6.07) is 12.1. The van der Waals surface area contributed by atoms with E-state index in [1.165, 1.54) is 10.9 Å². The van der Waals surface area contributed by atoms with E-state index in [4.69, 9.17) is 5.73 Å². The van der Waals surface area contributed by atoms with E-state index < -0.39 is 0 Å². The Bertz CT molecular complexity index is 711. The Kier molecular flexibility index (Phi) is 5.88. The number of fused-ring (bicyclic) bond motifs is 1. The highest BCUT2D eigenvalue weighted by molar-refractivity contribution is 5.86. The smallest absolute Gasteiger partial charge is 0.149 e. The maximum atomic E-state index is 5.90. The molecule has 4 nitrogen and oxygen atoms in total.